The van der Waals surface area contributed by atoms with Crippen LogP contribution in [0, 0.1) is 13.8 Å². The molecule has 1 aromatic heterocycles. The molecular weight excluding hydrogens is 322 g/mol. The zero-order valence-electron chi connectivity index (χ0n) is 13.7. The van der Waals surface area contributed by atoms with Gasteiger partial charge in [0.15, 0.2) is 0 Å². The van der Waals surface area contributed by atoms with E-state index in [1.807, 2.05) is 56.3 Å². The molecule has 24 heavy (non-hydrogen) atoms. The lowest BCUT2D eigenvalue weighted by atomic mass is 10.1. The maximum absolute atomic E-state index is 12.3. The molecule has 0 saturated heterocycles. The van der Waals surface area contributed by atoms with E-state index in [0.717, 1.165) is 27.4 Å². The number of amides is 1. The molecule has 0 aliphatic heterocycles. The highest BCUT2D eigenvalue weighted by Gasteiger charge is 2.12. The van der Waals surface area contributed by atoms with Crippen molar-refractivity contribution in [3.63, 3.8) is 0 Å². The Morgan fingerprint density at radius 2 is 1.92 bits per heavy atom. The molecule has 122 valence electrons. The summed E-state index contributed by atoms with van der Waals surface area (Å²) in [7, 11) is 1.62. The molecule has 0 saturated carbocycles. The number of carbonyl (C=O) groups is 1. The minimum atomic E-state index is -0.188. The highest BCUT2D eigenvalue weighted by atomic mass is 32.1. The topological polar surface area (TPSA) is 64.1 Å². The Balaban J connectivity index is 1.78. The number of hydrogen-bond donors (Lipinski definition) is 1. The van der Waals surface area contributed by atoms with Crippen LogP contribution in [0.1, 0.15) is 21.5 Å². The monoisotopic (exact) mass is 339 g/mol. The molecule has 3 aromatic rings. The molecule has 0 radical (unpaired) electrons. The fourth-order valence-corrected chi connectivity index (χ4v) is 2.93. The third kappa shape index (κ3) is 3.44. The minimum absolute atomic E-state index is 0.188. The zero-order valence-corrected chi connectivity index (χ0v) is 14.5. The van der Waals surface area contributed by atoms with Crippen LogP contribution < -0.4 is 10.1 Å². The second-order valence-corrected chi connectivity index (χ2v) is 6.38. The van der Waals surface area contributed by atoms with Crippen molar-refractivity contribution in [1.29, 1.82) is 0 Å². The third-order valence-electron chi connectivity index (χ3n) is 3.73. The minimum Gasteiger partial charge on any atom is -0.497 e. The summed E-state index contributed by atoms with van der Waals surface area (Å²) in [6.45, 7) is 4.00. The number of rotatable bonds is 4. The molecule has 0 bridgehead atoms. The third-order valence-corrected chi connectivity index (χ3v) is 4.62. The lowest BCUT2D eigenvalue weighted by molar-refractivity contribution is 0.102. The molecule has 6 heteroatoms. The van der Waals surface area contributed by atoms with E-state index in [1.54, 1.807) is 7.11 Å². The summed E-state index contributed by atoms with van der Waals surface area (Å²) in [5, 5.41) is 12.2. The van der Waals surface area contributed by atoms with Crippen LogP contribution in [0.15, 0.2) is 42.5 Å². The van der Waals surface area contributed by atoms with Gasteiger partial charge in [-0.15, -0.1) is 10.2 Å². The van der Waals surface area contributed by atoms with Crippen molar-refractivity contribution in [3.8, 4) is 16.3 Å². The summed E-state index contributed by atoms with van der Waals surface area (Å²) >= 11 is 1.33. The highest BCUT2D eigenvalue weighted by Crippen LogP contribution is 2.29. The SMILES string of the molecule is COc1cccc(-c2nnc(NC(=O)c3ccc(C)c(C)c3)s2)c1. The molecule has 5 nitrogen and oxygen atoms in total. The molecule has 0 atom stereocenters. The van der Waals surface area contributed by atoms with Gasteiger partial charge >= 0.3 is 0 Å². The second kappa shape index (κ2) is 6.80. The number of methoxy groups -OCH3 is 1. The Morgan fingerprint density at radius 3 is 2.67 bits per heavy atom. The highest BCUT2D eigenvalue weighted by molar-refractivity contribution is 7.18. The summed E-state index contributed by atoms with van der Waals surface area (Å²) in [5.41, 5.74) is 3.74. The summed E-state index contributed by atoms with van der Waals surface area (Å²) in [4.78, 5) is 12.3. The van der Waals surface area contributed by atoms with Crippen molar-refractivity contribution in [2.24, 2.45) is 0 Å². The van der Waals surface area contributed by atoms with Crippen LogP contribution >= 0.6 is 11.3 Å². The number of aromatic nitrogens is 2. The van der Waals surface area contributed by atoms with Gasteiger partial charge in [0.25, 0.3) is 5.91 Å². The Morgan fingerprint density at radius 1 is 1.08 bits per heavy atom. The quantitative estimate of drug-likeness (QED) is 0.778. The van der Waals surface area contributed by atoms with Gasteiger partial charge in [0.2, 0.25) is 5.13 Å². The first-order valence-electron chi connectivity index (χ1n) is 7.43. The molecule has 1 heterocycles. The first-order chi connectivity index (χ1) is 11.6. The molecule has 0 aliphatic carbocycles. The molecule has 3 rings (SSSR count). The lowest BCUT2D eigenvalue weighted by Crippen LogP contribution is -2.12. The number of nitrogens with zero attached hydrogens (tertiary/aromatic N) is 2. The van der Waals surface area contributed by atoms with Crippen molar-refractivity contribution >= 4 is 22.4 Å². The molecule has 2 aromatic carbocycles. The predicted octanol–water partition coefficient (Wildman–Crippen LogP) is 4.08. The largest absolute Gasteiger partial charge is 0.497 e. The number of aryl methyl sites for hydroxylation is 2. The Bertz CT molecular complexity index is 889. The number of nitrogens with one attached hydrogen (secondary N) is 1. The standard InChI is InChI=1S/C18H17N3O2S/c1-11-7-8-13(9-12(11)2)16(22)19-18-21-20-17(24-18)14-5-4-6-15(10-14)23-3/h4-10H,1-3H3,(H,19,21,22). The van der Waals surface area contributed by atoms with E-state index in [9.17, 15) is 4.79 Å². The molecule has 0 fully saturated rings. The molecule has 1 N–H and O–H groups in total. The van der Waals surface area contributed by atoms with E-state index >= 15 is 0 Å². The lowest BCUT2D eigenvalue weighted by Gasteiger charge is -2.04. The van der Waals surface area contributed by atoms with Crippen LogP contribution in [0.25, 0.3) is 10.6 Å². The number of hydrogen-bond acceptors (Lipinski definition) is 5. The molecule has 0 unspecified atom stereocenters. The maximum Gasteiger partial charge on any atom is 0.257 e. The Kier molecular flexibility index (Phi) is 4.57. The smallest absolute Gasteiger partial charge is 0.257 e. The van der Waals surface area contributed by atoms with E-state index in [1.165, 1.54) is 11.3 Å². The average molecular weight is 339 g/mol. The van der Waals surface area contributed by atoms with Gasteiger partial charge in [-0.05, 0) is 49.2 Å². The second-order valence-electron chi connectivity index (χ2n) is 5.40. The van der Waals surface area contributed by atoms with E-state index in [-0.39, 0.29) is 5.91 Å². The van der Waals surface area contributed by atoms with Crippen LogP contribution in [0.5, 0.6) is 5.75 Å². The van der Waals surface area contributed by atoms with Crippen molar-refractivity contribution in [2.45, 2.75) is 13.8 Å². The van der Waals surface area contributed by atoms with Crippen LogP contribution in [-0.2, 0) is 0 Å². The normalized spacial score (nSPS) is 10.5. The van der Waals surface area contributed by atoms with E-state index < -0.39 is 0 Å². The summed E-state index contributed by atoms with van der Waals surface area (Å²) in [6.07, 6.45) is 0. The average Bonchev–Trinajstić information content (AvgIpc) is 3.06. The van der Waals surface area contributed by atoms with Crippen LogP contribution in [0.3, 0.4) is 0 Å². The molecule has 1 amide bonds. The predicted molar refractivity (Wildman–Crippen MR) is 95.8 cm³/mol. The van der Waals surface area contributed by atoms with E-state index in [4.69, 9.17) is 4.74 Å². The van der Waals surface area contributed by atoms with Crippen LogP contribution in [-0.4, -0.2) is 23.2 Å². The van der Waals surface area contributed by atoms with Crippen molar-refractivity contribution in [2.75, 3.05) is 12.4 Å². The first kappa shape index (κ1) is 16.1. The van der Waals surface area contributed by atoms with Crippen molar-refractivity contribution < 1.29 is 9.53 Å². The van der Waals surface area contributed by atoms with Gasteiger partial charge in [-0.25, -0.2) is 0 Å². The zero-order chi connectivity index (χ0) is 17.1. The van der Waals surface area contributed by atoms with Gasteiger partial charge in [0.05, 0.1) is 7.11 Å². The van der Waals surface area contributed by atoms with Gasteiger partial charge in [-0.1, -0.05) is 29.5 Å². The van der Waals surface area contributed by atoms with Crippen LogP contribution in [0.4, 0.5) is 5.13 Å². The van der Waals surface area contributed by atoms with Gasteiger partial charge in [0.1, 0.15) is 10.8 Å². The number of benzene rings is 2. The van der Waals surface area contributed by atoms with Crippen molar-refractivity contribution in [1.82, 2.24) is 10.2 Å². The van der Waals surface area contributed by atoms with Gasteiger partial charge < -0.3 is 4.74 Å². The number of anilines is 1. The summed E-state index contributed by atoms with van der Waals surface area (Å²) < 4.78 is 5.21. The Hall–Kier alpha value is -2.73. The van der Waals surface area contributed by atoms with Gasteiger partial charge in [-0.3, -0.25) is 10.1 Å². The van der Waals surface area contributed by atoms with Crippen LogP contribution in [0.2, 0.25) is 0 Å². The fraction of sp³-hybridized carbons (Fsp3) is 0.167. The fourth-order valence-electron chi connectivity index (χ4n) is 2.20. The molecule has 0 spiro atoms. The molecule has 0 aliphatic rings. The van der Waals surface area contributed by atoms with Gasteiger partial charge in [-0.2, -0.15) is 0 Å². The number of carbonyl (C=O) groups excluding carboxylic acids is 1. The first-order valence-corrected chi connectivity index (χ1v) is 8.25. The Labute approximate surface area is 144 Å². The van der Waals surface area contributed by atoms with E-state index in [2.05, 4.69) is 15.5 Å². The molecular formula is C18H17N3O2S. The van der Waals surface area contributed by atoms with Crippen molar-refractivity contribution in [3.05, 3.63) is 59.2 Å². The maximum atomic E-state index is 12.3. The van der Waals surface area contributed by atoms with E-state index in [0.29, 0.717) is 10.7 Å². The number of ether oxygens (including phenoxy) is 1. The van der Waals surface area contributed by atoms with Gasteiger partial charge in [0, 0.05) is 11.1 Å². The summed E-state index contributed by atoms with van der Waals surface area (Å²) in [6, 6.07) is 13.2. The summed E-state index contributed by atoms with van der Waals surface area (Å²) in [5.74, 6) is 0.565.